The van der Waals surface area contributed by atoms with Crippen LogP contribution in [0.3, 0.4) is 0 Å². The van der Waals surface area contributed by atoms with Gasteiger partial charge < -0.3 is 19.7 Å². The van der Waals surface area contributed by atoms with Gasteiger partial charge in [0.25, 0.3) is 0 Å². The van der Waals surface area contributed by atoms with Crippen LogP contribution in [0.25, 0.3) is 0 Å². The van der Waals surface area contributed by atoms with Gasteiger partial charge >= 0.3 is 0 Å². The highest BCUT2D eigenvalue weighted by Gasteiger charge is 2.42. The Morgan fingerprint density at radius 1 is 1.28 bits per heavy atom. The quantitative estimate of drug-likeness (QED) is 0.807. The Balaban J connectivity index is 1.89. The zero-order valence-corrected chi connectivity index (χ0v) is 11.5. The summed E-state index contributed by atoms with van der Waals surface area (Å²) < 4.78 is 11.0. The van der Waals surface area contributed by atoms with Crippen LogP contribution in [0.1, 0.15) is 12.0 Å². The molecule has 1 saturated heterocycles. The zero-order valence-electron chi connectivity index (χ0n) is 9.91. The summed E-state index contributed by atoms with van der Waals surface area (Å²) in [6.45, 7) is 0.463. The molecule has 4 atom stereocenters. The number of halogens is 1. The molecule has 0 aliphatic carbocycles. The van der Waals surface area contributed by atoms with Gasteiger partial charge in [-0.05, 0) is 12.0 Å². The largest absolute Gasteiger partial charge is 0.396 e. The SMILES string of the molecule is OCC[C@@H]1O[C@@H](O)[C@H](OCc2ccccc2)[C@H]1Br. The summed E-state index contributed by atoms with van der Waals surface area (Å²) >= 11 is 3.47. The van der Waals surface area contributed by atoms with E-state index in [-0.39, 0.29) is 17.5 Å². The monoisotopic (exact) mass is 316 g/mol. The molecule has 0 spiro atoms. The second-order valence-electron chi connectivity index (χ2n) is 4.28. The minimum Gasteiger partial charge on any atom is -0.396 e. The highest BCUT2D eigenvalue weighted by atomic mass is 79.9. The van der Waals surface area contributed by atoms with Crippen molar-refractivity contribution in [2.24, 2.45) is 0 Å². The van der Waals surface area contributed by atoms with E-state index in [9.17, 15) is 5.11 Å². The first-order valence-corrected chi connectivity index (χ1v) is 6.88. The van der Waals surface area contributed by atoms with Crippen molar-refractivity contribution >= 4 is 15.9 Å². The Morgan fingerprint density at radius 2 is 2.00 bits per heavy atom. The summed E-state index contributed by atoms with van der Waals surface area (Å²) in [5.74, 6) is 0. The van der Waals surface area contributed by atoms with Crippen molar-refractivity contribution in [3.8, 4) is 0 Å². The van der Waals surface area contributed by atoms with Crippen molar-refractivity contribution in [2.75, 3.05) is 6.61 Å². The molecule has 1 fully saturated rings. The molecule has 0 amide bonds. The lowest BCUT2D eigenvalue weighted by Gasteiger charge is -2.17. The summed E-state index contributed by atoms with van der Waals surface area (Å²) in [7, 11) is 0. The molecule has 2 rings (SSSR count). The van der Waals surface area contributed by atoms with Crippen LogP contribution in [0.4, 0.5) is 0 Å². The van der Waals surface area contributed by atoms with Crippen LogP contribution in [-0.2, 0) is 16.1 Å². The van der Waals surface area contributed by atoms with Gasteiger partial charge in [-0.25, -0.2) is 0 Å². The maximum atomic E-state index is 9.78. The number of aliphatic hydroxyl groups excluding tert-OH is 2. The van der Waals surface area contributed by atoms with E-state index in [0.29, 0.717) is 13.0 Å². The topological polar surface area (TPSA) is 58.9 Å². The Labute approximate surface area is 115 Å². The van der Waals surface area contributed by atoms with Crippen LogP contribution in [0.5, 0.6) is 0 Å². The highest BCUT2D eigenvalue weighted by molar-refractivity contribution is 9.09. The lowest BCUT2D eigenvalue weighted by Crippen LogP contribution is -2.31. The third-order valence-electron chi connectivity index (χ3n) is 2.96. The molecular formula is C13H17BrO4. The van der Waals surface area contributed by atoms with Gasteiger partial charge in [-0.15, -0.1) is 0 Å². The first-order valence-electron chi connectivity index (χ1n) is 5.96. The standard InChI is InChI=1S/C13H17BrO4/c14-11-10(6-7-15)18-13(16)12(11)17-8-9-4-2-1-3-5-9/h1-5,10-13,15-16H,6-8H2/t10-,11-,12+,13+/m0/s1. The third-order valence-corrected chi connectivity index (χ3v) is 4.07. The molecule has 5 heteroatoms. The van der Waals surface area contributed by atoms with Gasteiger partial charge in [-0.3, -0.25) is 0 Å². The molecule has 1 aromatic rings. The van der Waals surface area contributed by atoms with Crippen molar-refractivity contribution in [3.63, 3.8) is 0 Å². The van der Waals surface area contributed by atoms with Crippen LogP contribution in [-0.4, -0.2) is 40.1 Å². The molecule has 2 N–H and O–H groups in total. The zero-order chi connectivity index (χ0) is 13.0. The molecule has 0 unspecified atom stereocenters. The van der Waals surface area contributed by atoms with E-state index in [1.165, 1.54) is 0 Å². The summed E-state index contributed by atoms with van der Waals surface area (Å²) in [6, 6.07) is 9.77. The van der Waals surface area contributed by atoms with Gasteiger partial charge in [0.15, 0.2) is 6.29 Å². The Bertz CT molecular complexity index is 359. The average molecular weight is 317 g/mol. The van der Waals surface area contributed by atoms with Gasteiger partial charge in [0, 0.05) is 6.61 Å². The molecule has 1 aliphatic rings. The number of benzene rings is 1. The smallest absolute Gasteiger partial charge is 0.182 e. The molecule has 1 aliphatic heterocycles. The van der Waals surface area contributed by atoms with E-state index >= 15 is 0 Å². The molecular weight excluding hydrogens is 300 g/mol. The maximum absolute atomic E-state index is 9.78. The minimum absolute atomic E-state index is 0.0326. The van der Waals surface area contributed by atoms with Crippen LogP contribution in [0.15, 0.2) is 30.3 Å². The van der Waals surface area contributed by atoms with E-state index in [0.717, 1.165) is 5.56 Å². The molecule has 0 radical (unpaired) electrons. The van der Waals surface area contributed by atoms with Crippen molar-refractivity contribution in [1.29, 1.82) is 0 Å². The molecule has 4 nitrogen and oxygen atoms in total. The lowest BCUT2D eigenvalue weighted by molar-refractivity contribution is -0.145. The number of hydrogen-bond acceptors (Lipinski definition) is 4. The Kier molecular flexibility index (Phi) is 5.14. The van der Waals surface area contributed by atoms with Crippen molar-refractivity contribution < 1.29 is 19.7 Å². The Morgan fingerprint density at radius 3 is 2.67 bits per heavy atom. The maximum Gasteiger partial charge on any atom is 0.182 e. The number of hydrogen-bond donors (Lipinski definition) is 2. The van der Waals surface area contributed by atoms with Crippen molar-refractivity contribution in [2.45, 2.75) is 36.4 Å². The fourth-order valence-corrected chi connectivity index (χ4v) is 2.80. The number of aliphatic hydroxyl groups is 2. The van der Waals surface area contributed by atoms with Crippen LogP contribution >= 0.6 is 15.9 Å². The summed E-state index contributed by atoms with van der Waals surface area (Å²) in [6.07, 6.45) is -1.10. The molecule has 1 aromatic carbocycles. The van der Waals surface area contributed by atoms with E-state index in [1.807, 2.05) is 30.3 Å². The van der Waals surface area contributed by atoms with Gasteiger partial charge in [-0.1, -0.05) is 46.3 Å². The fraction of sp³-hybridized carbons (Fsp3) is 0.538. The Hall–Kier alpha value is -0.460. The molecule has 100 valence electrons. The highest BCUT2D eigenvalue weighted by Crippen LogP contribution is 2.30. The van der Waals surface area contributed by atoms with Gasteiger partial charge in [0.2, 0.25) is 0 Å². The first-order chi connectivity index (χ1) is 8.72. The molecule has 18 heavy (non-hydrogen) atoms. The van der Waals surface area contributed by atoms with Gasteiger partial charge in [0.1, 0.15) is 6.10 Å². The number of rotatable bonds is 5. The van der Waals surface area contributed by atoms with Crippen LogP contribution in [0.2, 0.25) is 0 Å². The molecule has 0 bridgehead atoms. The third kappa shape index (κ3) is 3.30. The average Bonchev–Trinajstić information content (AvgIpc) is 2.64. The predicted octanol–water partition coefficient (Wildman–Crippen LogP) is 1.43. The minimum atomic E-state index is -0.949. The van der Waals surface area contributed by atoms with E-state index in [2.05, 4.69) is 15.9 Å². The summed E-state index contributed by atoms with van der Waals surface area (Å²) in [4.78, 5) is -0.108. The lowest BCUT2D eigenvalue weighted by atomic mass is 10.1. The van der Waals surface area contributed by atoms with Crippen molar-refractivity contribution in [1.82, 2.24) is 0 Å². The second-order valence-corrected chi connectivity index (χ2v) is 5.34. The second kappa shape index (κ2) is 6.63. The first kappa shape index (κ1) is 14.0. The normalized spacial score (nSPS) is 31.7. The number of alkyl halides is 1. The fourth-order valence-electron chi connectivity index (χ4n) is 2.00. The molecule has 1 heterocycles. The van der Waals surface area contributed by atoms with Crippen LogP contribution < -0.4 is 0 Å². The molecule has 0 saturated carbocycles. The van der Waals surface area contributed by atoms with E-state index < -0.39 is 12.4 Å². The van der Waals surface area contributed by atoms with E-state index in [4.69, 9.17) is 14.6 Å². The summed E-state index contributed by atoms with van der Waals surface area (Å²) in [5, 5.41) is 18.7. The van der Waals surface area contributed by atoms with Gasteiger partial charge in [-0.2, -0.15) is 0 Å². The molecule has 0 aromatic heterocycles. The predicted molar refractivity (Wildman–Crippen MR) is 70.3 cm³/mol. The number of ether oxygens (including phenoxy) is 2. The van der Waals surface area contributed by atoms with Crippen molar-refractivity contribution in [3.05, 3.63) is 35.9 Å². The van der Waals surface area contributed by atoms with Gasteiger partial charge in [0.05, 0.1) is 17.5 Å². The van der Waals surface area contributed by atoms with Crippen LogP contribution in [0, 0.1) is 0 Å². The van der Waals surface area contributed by atoms with E-state index in [1.54, 1.807) is 0 Å². The summed E-state index contributed by atoms with van der Waals surface area (Å²) in [5.41, 5.74) is 1.05.